The number of hydrogen-bond donors (Lipinski definition) is 3. The van der Waals surface area contributed by atoms with Crippen LogP contribution in [0, 0.1) is 13.8 Å². The molecule has 146 valence electrons. The first-order chi connectivity index (χ1) is 13.2. The molecule has 1 aliphatic carbocycles. The van der Waals surface area contributed by atoms with Crippen LogP contribution >= 0.6 is 0 Å². The number of sulfonamides is 1. The van der Waals surface area contributed by atoms with E-state index in [1.54, 1.807) is 13.0 Å². The van der Waals surface area contributed by atoms with E-state index in [-0.39, 0.29) is 10.8 Å². The van der Waals surface area contributed by atoms with Crippen LogP contribution in [0.5, 0.6) is 0 Å². The lowest BCUT2D eigenvalue weighted by molar-refractivity contribution is 0.102. The standard InChI is InChI=1S/C21H23N3O3S/c1-12-9-15(28(22,26)27)11-20(13(12)2)24-21(25)14-7-8-19-17(10-14)16-5-3-4-6-18(16)23-19/h7-11,23H,3-6H2,1-2H3,(H,24,25)(H2,22,26,27). The maximum atomic E-state index is 12.9. The Morgan fingerprint density at radius 1 is 1.11 bits per heavy atom. The van der Waals surface area contributed by atoms with Crippen molar-refractivity contribution in [1.29, 1.82) is 0 Å². The number of nitrogens with one attached hydrogen (secondary N) is 2. The Morgan fingerprint density at radius 2 is 1.86 bits per heavy atom. The van der Waals surface area contributed by atoms with E-state index in [1.807, 2.05) is 19.1 Å². The van der Waals surface area contributed by atoms with Gasteiger partial charge in [-0.15, -0.1) is 0 Å². The van der Waals surface area contributed by atoms with Crippen LogP contribution in [0.4, 0.5) is 5.69 Å². The van der Waals surface area contributed by atoms with Gasteiger partial charge in [-0.1, -0.05) is 0 Å². The summed E-state index contributed by atoms with van der Waals surface area (Å²) in [4.78, 5) is 16.3. The quantitative estimate of drug-likeness (QED) is 0.629. The minimum atomic E-state index is -3.85. The lowest BCUT2D eigenvalue weighted by atomic mass is 9.95. The molecule has 1 aromatic heterocycles. The largest absolute Gasteiger partial charge is 0.358 e. The molecule has 1 amide bonds. The zero-order valence-electron chi connectivity index (χ0n) is 15.9. The summed E-state index contributed by atoms with van der Waals surface area (Å²) in [7, 11) is -3.85. The summed E-state index contributed by atoms with van der Waals surface area (Å²) < 4.78 is 23.4. The molecule has 0 saturated heterocycles. The highest BCUT2D eigenvalue weighted by atomic mass is 32.2. The molecule has 4 N–H and O–H groups in total. The van der Waals surface area contributed by atoms with E-state index < -0.39 is 10.0 Å². The number of H-pyrrole nitrogens is 1. The number of nitrogens with two attached hydrogens (primary N) is 1. The van der Waals surface area contributed by atoms with Crippen molar-refractivity contribution in [3.63, 3.8) is 0 Å². The van der Waals surface area contributed by atoms with Gasteiger partial charge < -0.3 is 10.3 Å². The number of fused-ring (bicyclic) bond motifs is 3. The summed E-state index contributed by atoms with van der Waals surface area (Å²) in [5.74, 6) is -0.276. The third-order valence-electron chi connectivity index (χ3n) is 5.58. The Labute approximate surface area is 164 Å². The van der Waals surface area contributed by atoms with Crippen molar-refractivity contribution < 1.29 is 13.2 Å². The molecular formula is C21H23N3O3S. The molecule has 0 bridgehead atoms. The predicted molar refractivity (Wildman–Crippen MR) is 110 cm³/mol. The summed E-state index contributed by atoms with van der Waals surface area (Å²) in [6, 6.07) is 8.55. The number of rotatable bonds is 3. The Kier molecular flexibility index (Phi) is 4.51. The molecule has 0 atom stereocenters. The average molecular weight is 398 g/mol. The third kappa shape index (κ3) is 3.31. The number of hydrogen-bond acceptors (Lipinski definition) is 3. The Balaban J connectivity index is 1.70. The predicted octanol–water partition coefficient (Wildman–Crippen LogP) is 3.56. The van der Waals surface area contributed by atoms with Crippen molar-refractivity contribution in [3.8, 4) is 0 Å². The number of primary sulfonamides is 1. The fraction of sp³-hybridized carbons (Fsp3) is 0.286. The van der Waals surface area contributed by atoms with E-state index in [0.29, 0.717) is 11.3 Å². The Bertz CT molecular complexity index is 1210. The lowest BCUT2D eigenvalue weighted by Crippen LogP contribution is -2.16. The number of carbonyl (C=O) groups is 1. The summed E-state index contributed by atoms with van der Waals surface area (Å²) in [5, 5.41) is 9.20. The van der Waals surface area contributed by atoms with Gasteiger partial charge in [0.25, 0.3) is 5.91 Å². The van der Waals surface area contributed by atoms with Gasteiger partial charge in [0.1, 0.15) is 0 Å². The van der Waals surface area contributed by atoms with E-state index in [4.69, 9.17) is 5.14 Å². The van der Waals surface area contributed by atoms with Gasteiger partial charge in [-0.3, -0.25) is 4.79 Å². The van der Waals surface area contributed by atoms with Gasteiger partial charge >= 0.3 is 0 Å². The minimum Gasteiger partial charge on any atom is -0.358 e. The number of aromatic amines is 1. The van der Waals surface area contributed by atoms with Crippen LogP contribution in [-0.4, -0.2) is 19.3 Å². The summed E-state index contributed by atoms with van der Waals surface area (Å²) in [5.41, 5.74) is 6.16. The van der Waals surface area contributed by atoms with Crippen LogP contribution in [0.2, 0.25) is 0 Å². The number of aryl methyl sites for hydroxylation is 3. The molecule has 28 heavy (non-hydrogen) atoms. The van der Waals surface area contributed by atoms with Crippen molar-refractivity contribution in [2.24, 2.45) is 5.14 Å². The molecule has 2 aromatic carbocycles. The SMILES string of the molecule is Cc1cc(S(N)(=O)=O)cc(NC(=O)c2ccc3[nH]c4c(c3c2)CCCC4)c1C. The second kappa shape index (κ2) is 6.76. The van der Waals surface area contributed by atoms with E-state index >= 15 is 0 Å². The summed E-state index contributed by atoms with van der Waals surface area (Å²) >= 11 is 0. The number of benzene rings is 2. The van der Waals surface area contributed by atoms with Crippen molar-refractivity contribution in [1.82, 2.24) is 4.98 Å². The highest BCUT2D eigenvalue weighted by molar-refractivity contribution is 7.89. The zero-order valence-corrected chi connectivity index (χ0v) is 16.7. The van der Waals surface area contributed by atoms with Crippen LogP contribution in [0.1, 0.15) is 45.6 Å². The maximum Gasteiger partial charge on any atom is 0.255 e. The van der Waals surface area contributed by atoms with E-state index in [2.05, 4.69) is 10.3 Å². The van der Waals surface area contributed by atoms with Crippen LogP contribution in [0.25, 0.3) is 10.9 Å². The molecule has 0 fully saturated rings. The highest BCUT2D eigenvalue weighted by Crippen LogP contribution is 2.30. The van der Waals surface area contributed by atoms with Crippen molar-refractivity contribution in [3.05, 3.63) is 58.3 Å². The third-order valence-corrected chi connectivity index (χ3v) is 6.47. The molecule has 0 radical (unpaired) electrons. The first kappa shape index (κ1) is 18.7. The molecule has 7 heteroatoms. The van der Waals surface area contributed by atoms with Crippen LogP contribution in [0.15, 0.2) is 35.2 Å². The molecule has 0 spiro atoms. The highest BCUT2D eigenvalue weighted by Gasteiger charge is 2.18. The molecular weight excluding hydrogens is 374 g/mol. The van der Waals surface area contributed by atoms with Gasteiger partial charge in [0.2, 0.25) is 10.0 Å². The smallest absolute Gasteiger partial charge is 0.255 e. The number of amides is 1. The Morgan fingerprint density at radius 3 is 2.61 bits per heavy atom. The molecule has 0 aliphatic heterocycles. The number of anilines is 1. The van der Waals surface area contributed by atoms with Crippen LogP contribution < -0.4 is 10.5 Å². The van der Waals surface area contributed by atoms with Gasteiger partial charge in [0.05, 0.1) is 4.90 Å². The van der Waals surface area contributed by atoms with Gasteiger partial charge in [0.15, 0.2) is 0 Å². The molecule has 1 aliphatic rings. The second-order valence-corrected chi connectivity index (χ2v) is 9.02. The second-order valence-electron chi connectivity index (χ2n) is 7.46. The fourth-order valence-corrected chi connectivity index (χ4v) is 4.49. The minimum absolute atomic E-state index is 0.0129. The maximum absolute atomic E-state index is 12.9. The molecule has 0 unspecified atom stereocenters. The number of carbonyl (C=O) groups excluding carboxylic acids is 1. The molecule has 6 nitrogen and oxygen atoms in total. The molecule has 1 heterocycles. The van der Waals surface area contributed by atoms with E-state index in [9.17, 15) is 13.2 Å². The summed E-state index contributed by atoms with van der Waals surface area (Å²) in [6.07, 6.45) is 4.42. The van der Waals surface area contributed by atoms with Crippen molar-refractivity contribution in [2.45, 2.75) is 44.4 Å². The summed E-state index contributed by atoms with van der Waals surface area (Å²) in [6.45, 7) is 3.63. The topological polar surface area (TPSA) is 105 Å². The van der Waals surface area contributed by atoms with Crippen molar-refractivity contribution >= 4 is 32.5 Å². The number of aromatic nitrogens is 1. The van der Waals surface area contributed by atoms with Crippen molar-refractivity contribution in [2.75, 3.05) is 5.32 Å². The van der Waals surface area contributed by atoms with Gasteiger partial charge in [0, 0.05) is 27.8 Å². The molecule has 4 rings (SSSR count). The molecule has 0 saturated carbocycles. The van der Waals surface area contributed by atoms with Crippen LogP contribution in [0.3, 0.4) is 0 Å². The normalized spacial score (nSPS) is 14.1. The average Bonchev–Trinajstić information content (AvgIpc) is 3.02. The van der Waals surface area contributed by atoms with Gasteiger partial charge in [-0.05, 0) is 86.6 Å². The van der Waals surface area contributed by atoms with Gasteiger partial charge in [-0.2, -0.15) is 0 Å². The first-order valence-corrected chi connectivity index (χ1v) is 10.9. The van der Waals surface area contributed by atoms with E-state index in [0.717, 1.165) is 41.3 Å². The van der Waals surface area contributed by atoms with Gasteiger partial charge in [-0.25, -0.2) is 13.6 Å². The van der Waals surface area contributed by atoms with E-state index in [1.165, 1.54) is 29.8 Å². The Hall–Kier alpha value is -2.64. The van der Waals surface area contributed by atoms with Crippen LogP contribution in [-0.2, 0) is 22.9 Å². The lowest BCUT2D eigenvalue weighted by Gasteiger charge is -2.13. The first-order valence-electron chi connectivity index (χ1n) is 9.33. The zero-order chi connectivity index (χ0) is 20.1. The monoisotopic (exact) mass is 397 g/mol. The molecule has 3 aromatic rings. The fourth-order valence-electron chi connectivity index (χ4n) is 3.86.